The number of fused-ring (bicyclic) bond motifs is 2. The molecule has 3 aliphatic carbocycles. The maximum atomic E-state index is 14.3. The van der Waals surface area contributed by atoms with Crippen LogP contribution in [0.4, 0.5) is 5.69 Å². The molecule has 11 nitrogen and oxygen atoms in total. The van der Waals surface area contributed by atoms with Crippen molar-refractivity contribution in [3.63, 3.8) is 0 Å². The molecule has 1 heterocycles. The summed E-state index contributed by atoms with van der Waals surface area (Å²) in [5.74, 6) is 0.943. The van der Waals surface area contributed by atoms with Crippen molar-refractivity contribution in [3.8, 4) is 16.9 Å². The first-order valence-corrected chi connectivity index (χ1v) is 19.6. The van der Waals surface area contributed by atoms with Crippen LogP contribution < -0.4 is 20.3 Å². The molecule has 1 saturated heterocycles. The van der Waals surface area contributed by atoms with Gasteiger partial charge in [0.1, 0.15) is 17.9 Å². The van der Waals surface area contributed by atoms with E-state index >= 15 is 0 Å². The van der Waals surface area contributed by atoms with Gasteiger partial charge in [-0.25, -0.2) is 0 Å². The predicted molar refractivity (Wildman–Crippen MR) is 214 cm³/mol. The maximum Gasteiger partial charge on any atom is 0.251 e. The van der Waals surface area contributed by atoms with Gasteiger partial charge in [-0.15, -0.1) is 0 Å². The quantitative estimate of drug-likeness (QED) is 0.168. The van der Waals surface area contributed by atoms with Crippen LogP contribution in [-0.4, -0.2) is 99.0 Å². The summed E-state index contributed by atoms with van der Waals surface area (Å²) in [6, 6.07) is 20.5. The molecule has 4 aliphatic rings. The van der Waals surface area contributed by atoms with Crippen molar-refractivity contribution in [1.82, 2.24) is 15.7 Å². The summed E-state index contributed by atoms with van der Waals surface area (Å²) in [7, 11) is 7.10. The van der Waals surface area contributed by atoms with Crippen LogP contribution in [0.15, 0.2) is 66.7 Å². The van der Waals surface area contributed by atoms with Gasteiger partial charge in [0.2, 0.25) is 5.91 Å². The van der Waals surface area contributed by atoms with E-state index in [1.54, 1.807) is 26.2 Å². The molecule has 1 aliphatic heterocycles. The first-order chi connectivity index (χ1) is 26.3. The molecule has 2 bridgehead atoms. The van der Waals surface area contributed by atoms with Crippen LogP contribution in [0.2, 0.25) is 0 Å². The SMILES string of the molecule is COC[C@@H](Cc1ccccc1)NC(=O)c1cc(-c2cccc(CN3O[C@@H](CO)[C@@H]([C@H](C)O)[C@H]3C(=O)N[C@H]3C[C@H]4C[C@@H]([C@@H]3C)C4(C)C)c2OC)cc(N(C)C)c1. The molecule has 3 saturated carbocycles. The lowest BCUT2D eigenvalue weighted by atomic mass is 9.45. The predicted octanol–water partition coefficient (Wildman–Crippen LogP) is 5.08. The number of rotatable bonds is 15. The number of amides is 2. The summed E-state index contributed by atoms with van der Waals surface area (Å²) in [6.07, 6.45) is 1.08. The summed E-state index contributed by atoms with van der Waals surface area (Å²) >= 11 is 0. The van der Waals surface area contributed by atoms with Gasteiger partial charge in [-0.2, -0.15) is 5.06 Å². The van der Waals surface area contributed by atoms with Crippen molar-refractivity contribution >= 4 is 17.5 Å². The number of methoxy groups -OCH3 is 2. The average Bonchev–Trinajstić information content (AvgIpc) is 3.54. The van der Waals surface area contributed by atoms with Gasteiger partial charge in [0.15, 0.2) is 0 Å². The first kappa shape index (κ1) is 40.7. The van der Waals surface area contributed by atoms with Gasteiger partial charge in [-0.3, -0.25) is 14.4 Å². The highest BCUT2D eigenvalue weighted by atomic mass is 16.7. The highest BCUT2D eigenvalue weighted by Crippen LogP contribution is 2.61. The van der Waals surface area contributed by atoms with Crippen LogP contribution in [0.3, 0.4) is 0 Å². The maximum absolute atomic E-state index is 14.3. The molecule has 3 aromatic rings. The molecule has 0 spiro atoms. The fraction of sp³-hybridized carbons (Fsp3) is 0.545. The minimum atomic E-state index is -0.906. The molecule has 55 heavy (non-hydrogen) atoms. The van der Waals surface area contributed by atoms with Gasteiger partial charge in [-0.05, 0) is 78.7 Å². The normalized spacial score (nSPS) is 26.8. The number of nitrogens with zero attached hydrogens (tertiary/aromatic N) is 2. The van der Waals surface area contributed by atoms with E-state index in [-0.39, 0.29) is 42.5 Å². The summed E-state index contributed by atoms with van der Waals surface area (Å²) in [5, 5.41) is 29.5. The number of anilines is 1. The van der Waals surface area contributed by atoms with Crippen molar-refractivity contribution < 1.29 is 34.1 Å². The molecule has 7 rings (SSSR count). The number of hydrogen-bond donors (Lipinski definition) is 4. The van der Waals surface area contributed by atoms with Crippen LogP contribution >= 0.6 is 0 Å². The largest absolute Gasteiger partial charge is 0.496 e. The number of hydrogen-bond acceptors (Lipinski definition) is 9. The highest BCUT2D eigenvalue weighted by Gasteiger charge is 2.57. The second-order valence-electron chi connectivity index (χ2n) is 16.7. The van der Waals surface area contributed by atoms with Gasteiger partial charge in [0.05, 0.1) is 39.0 Å². The van der Waals surface area contributed by atoms with E-state index in [4.69, 9.17) is 14.3 Å². The van der Waals surface area contributed by atoms with E-state index in [2.05, 4.69) is 31.4 Å². The Hall–Kier alpha value is -4.00. The zero-order valence-corrected chi connectivity index (χ0v) is 33.6. The van der Waals surface area contributed by atoms with Gasteiger partial charge < -0.3 is 35.2 Å². The molecule has 298 valence electrons. The number of aliphatic hydroxyl groups is 2. The van der Waals surface area contributed by atoms with Crippen LogP contribution in [0.25, 0.3) is 11.1 Å². The Kier molecular flexibility index (Phi) is 12.6. The van der Waals surface area contributed by atoms with Gasteiger partial charge in [-0.1, -0.05) is 69.3 Å². The smallest absolute Gasteiger partial charge is 0.251 e. The fourth-order valence-corrected chi connectivity index (χ4v) is 9.51. The number of aliphatic hydroxyl groups excluding tert-OH is 2. The van der Waals surface area contributed by atoms with E-state index in [1.165, 1.54) is 6.42 Å². The molecule has 9 atom stereocenters. The molecule has 4 fully saturated rings. The van der Waals surface area contributed by atoms with Gasteiger partial charge in [0.25, 0.3) is 5.91 Å². The number of ether oxygens (including phenoxy) is 2. The molecular formula is C44H60N4O7. The highest BCUT2D eigenvalue weighted by molar-refractivity contribution is 5.97. The van der Waals surface area contributed by atoms with Crippen LogP contribution in [0, 0.1) is 29.1 Å². The van der Waals surface area contributed by atoms with Crippen molar-refractivity contribution in [1.29, 1.82) is 0 Å². The van der Waals surface area contributed by atoms with Crippen molar-refractivity contribution in [2.75, 3.05) is 46.4 Å². The Morgan fingerprint density at radius 2 is 1.80 bits per heavy atom. The topological polar surface area (TPSA) is 133 Å². The number of para-hydroxylation sites is 1. The van der Waals surface area contributed by atoms with Gasteiger partial charge >= 0.3 is 0 Å². The summed E-state index contributed by atoms with van der Waals surface area (Å²) in [6.45, 7) is 8.73. The van der Waals surface area contributed by atoms with Crippen molar-refractivity contribution in [2.24, 2.45) is 29.1 Å². The number of benzene rings is 3. The summed E-state index contributed by atoms with van der Waals surface area (Å²) < 4.78 is 11.6. The van der Waals surface area contributed by atoms with Crippen LogP contribution in [0.5, 0.6) is 5.75 Å². The lowest BCUT2D eigenvalue weighted by Gasteiger charge is -2.62. The van der Waals surface area contributed by atoms with E-state index in [9.17, 15) is 19.8 Å². The molecule has 3 aromatic carbocycles. The summed E-state index contributed by atoms with van der Waals surface area (Å²) in [4.78, 5) is 36.4. The summed E-state index contributed by atoms with van der Waals surface area (Å²) in [5.41, 5.74) is 5.00. The fourth-order valence-electron chi connectivity index (χ4n) is 9.51. The Bertz CT molecular complexity index is 1800. The van der Waals surface area contributed by atoms with E-state index in [0.29, 0.717) is 42.1 Å². The molecule has 2 amide bonds. The van der Waals surface area contributed by atoms with E-state index in [1.807, 2.05) is 85.7 Å². The third-order valence-electron chi connectivity index (χ3n) is 12.7. The monoisotopic (exact) mass is 756 g/mol. The van der Waals surface area contributed by atoms with Crippen molar-refractivity contribution in [2.45, 2.75) is 83.8 Å². The standard InChI is InChI=1S/C44H60N4O7/c1-26-36-21-32(44(36,3)4)22-37(26)46-43(52)40-39(27(2)50)38(24-49)55-48(40)23-29-15-12-16-35(41(29)54-8)30-18-31(20-34(19-30)47(5)6)42(51)45-33(25-53-7)17-28-13-10-9-11-14-28/h9-16,18-20,26-27,32-33,36-40,49-50H,17,21-25H2,1-8H3,(H,45,51)(H,46,52)/t26-,27-,32+,33+,36-,37-,38-,39+,40-/m0/s1. The molecule has 11 heteroatoms. The van der Waals surface area contributed by atoms with Gasteiger partial charge in [0, 0.05) is 55.5 Å². The minimum Gasteiger partial charge on any atom is -0.496 e. The number of carbonyl (C=O) groups is 2. The number of carbonyl (C=O) groups excluding carboxylic acids is 2. The van der Waals surface area contributed by atoms with Crippen LogP contribution in [-0.2, 0) is 27.3 Å². The third-order valence-corrected chi connectivity index (χ3v) is 12.7. The van der Waals surface area contributed by atoms with Crippen LogP contribution in [0.1, 0.15) is 62.0 Å². The molecule has 0 aromatic heterocycles. The zero-order chi connectivity index (χ0) is 39.6. The number of nitrogens with one attached hydrogen (secondary N) is 2. The third kappa shape index (κ3) is 8.42. The molecular weight excluding hydrogens is 697 g/mol. The van der Waals surface area contributed by atoms with E-state index in [0.717, 1.165) is 34.4 Å². The molecule has 4 N–H and O–H groups in total. The lowest BCUT2D eigenvalue weighted by Crippen LogP contribution is -2.62. The Labute approximate surface area is 326 Å². The molecule has 0 radical (unpaired) electrons. The number of hydroxylamine groups is 2. The Morgan fingerprint density at radius 1 is 1.05 bits per heavy atom. The average molecular weight is 757 g/mol. The van der Waals surface area contributed by atoms with E-state index < -0.39 is 24.2 Å². The molecule has 0 unspecified atom stereocenters. The Balaban J connectivity index is 1.28. The Morgan fingerprint density at radius 3 is 2.42 bits per heavy atom. The zero-order valence-electron chi connectivity index (χ0n) is 33.6. The minimum absolute atomic E-state index is 0.0327. The van der Waals surface area contributed by atoms with Crippen molar-refractivity contribution in [3.05, 3.63) is 83.4 Å². The lowest BCUT2D eigenvalue weighted by molar-refractivity contribution is -0.183. The second-order valence-corrected chi connectivity index (χ2v) is 16.7. The first-order valence-electron chi connectivity index (χ1n) is 19.6. The second kappa shape index (κ2) is 17.0.